The molecule has 0 bridgehead atoms. The maximum atomic E-state index is 11.5. The van der Waals surface area contributed by atoms with Crippen LogP contribution in [0.4, 0.5) is 0 Å². The zero-order chi connectivity index (χ0) is 13.0. The minimum atomic E-state index is -0.198. The maximum Gasteiger partial charge on any atom is 0.325 e. The molecule has 1 aromatic heterocycles. The number of aromatic nitrogens is 1. The van der Waals surface area contributed by atoms with Crippen LogP contribution >= 0.6 is 0 Å². The quantitative estimate of drug-likeness (QED) is 0.773. The number of rotatable bonds is 4. The second kappa shape index (κ2) is 5.54. The van der Waals surface area contributed by atoms with Crippen molar-refractivity contribution in [1.82, 2.24) is 4.57 Å². The number of carbonyl (C=O) groups is 1. The van der Waals surface area contributed by atoms with Gasteiger partial charge in [0.1, 0.15) is 6.54 Å². The highest BCUT2D eigenvalue weighted by molar-refractivity contribution is 5.70. The molecule has 0 aliphatic heterocycles. The Kier molecular flexibility index (Phi) is 3.82. The molecule has 94 valence electrons. The summed E-state index contributed by atoms with van der Waals surface area (Å²) in [7, 11) is 0. The van der Waals surface area contributed by atoms with E-state index >= 15 is 0 Å². The Morgan fingerprint density at radius 3 is 2.61 bits per heavy atom. The van der Waals surface area contributed by atoms with Crippen LogP contribution in [-0.4, -0.2) is 17.1 Å². The Balaban J connectivity index is 2.20. The molecule has 1 heterocycles. The lowest BCUT2D eigenvalue weighted by molar-refractivity contribution is -0.143. The van der Waals surface area contributed by atoms with E-state index in [9.17, 15) is 4.79 Å². The Morgan fingerprint density at radius 1 is 1.22 bits per heavy atom. The highest BCUT2D eigenvalue weighted by Crippen LogP contribution is 2.21. The minimum Gasteiger partial charge on any atom is -0.465 e. The number of carbonyl (C=O) groups excluding carboxylic acids is 1. The van der Waals surface area contributed by atoms with Gasteiger partial charge in [-0.25, -0.2) is 0 Å². The lowest BCUT2D eigenvalue weighted by atomic mass is 10.1. The highest BCUT2D eigenvalue weighted by Gasteiger charge is 2.08. The first kappa shape index (κ1) is 12.4. The van der Waals surface area contributed by atoms with Crippen molar-refractivity contribution in [2.24, 2.45) is 0 Å². The van der Waals surface area contributed by atoms with Crippen LogP contribution in [0.15, 0.2) is 42.6 Å². The molecule has 0 unspecified atom stereocenters. The molecule has 3 nitrogen and oxygen atoms in total. The van der Waals surface area contributed by atoms with Crippen LogP contribution in [0.25, 0.3) is 11.1 Å². The second-order valence-corrected chi connectivity index (χ2v) is 4.17. The normalized spacial score (nSPS) is 10.3. The second-order valence-electron chi connectivity index (χ2n) is 4.17. The van der Waals surface area contributed by atoms with Crippen LogP contribution in [0, 0.1) is 6.92 Å². The molecule has 0 saturated carbocycles. The molecule has 0 saturated heterocycles. The molecule has 0 aliphatic carbocycles. The SMILES string of the molecule is CCOC(=O)Cn1cc(-c2ccccc2)cc1C. The number of hydrogen-bond donors (Lipinski definition) is 0. The molecule has 2 rings (SSSR count). The Hall–Kier alpha value is -2.03. The van der Waals surface area contributed by atoms with E-state index in [-0.39, 0.29) is 12.5 Å². The van der Waals surface area contributed by atoms with Gasteiger partial charge in [0.15, 0.2) is 0 Å². The van der Waals surface area contributed by atoms with Crippen LogP contribution in [0.5, 0.6) is 0 Å². The predicted octanol–water partition coefficient (Wildman–Crippen LogP) is 3.03. The average molecular weight is 243 g/mol. The van der Waals surface area contributed by atoms with Crippen molar-refractivity contribution in [2.75, 3.05) is 6.61 Å². The number of aryl methyl sites for hydroxylation is 1. The first-order valence-electron chi connectivity index (χ1n) is 6.08. The summed E-state index contributed by atoms with van der Waals surface area (Å²) in [4.78, 5) is 11.5. The summed E-state index contributed by atoms with van der Waals surface area (Å²) in [6.45, 7) is 4.50. The van der Waals surface area contributed by atoms with E-state index in [1.165, 1.54) is 0 Å². The number of nitrogens with zero attached hydrogens (tertiary/aromatic N) is 1. The van der Waals surface area contributed by atoms with E-state index < -0.39 is 0 Å². The summed E-state index contributed by atoms with van der Waals surface area (Å²) < 4.78 is 6.87. The predicted molar refractivity (Wildman–Crippen MR) is 71.2 cm³/mol. The molecule has 0 amide bonds. The number of ether oxygens (including phenoxy) is 1. The van der Waals surface area contributed by atoms with Crippen molar-refractivity contribution in [2.45, 2.75) is 20.4 Å². The minimum absolute atomic E-state index is 0.198. The van der Waals surface area contributed by atoms with Gasteiger partial charge in [0.05, 0.1) is 6.61 Å². The van der Waals surface area contributed by atoms with Gasteiger partial charge in [-0.05, 0) is 31.0 Å². The van der Waals surface area contributed by atoms with Crippen molar-refractivity contribution in [3.8, 4) is 11.1 Å². The van der Waals surface area contributed by atoms with Gasteiger partial charge in [-0.15, -0.1) is 0 Å². The Labute approximate surface area is 107 Å². The number of esters is 1. The van der Waals surface area contributed by atoms with Crippen LogP contribution < -0.4 is 0 Å². The zero-order valence-electron chi connectivity index (χ0n) is 10.7. The van der Waals surface area contributed by atoms with Gasteiger partial charge in [-0.3, -0.25) is 4.79 Å². The van der Waals surface area contributed by atoms with Crippen LogP contribution in [-0.2, 0) is 16.1 Å². The number of hydrogen-bond acceptors (Lipinski definition) is 2. The lowest BCUT2D eigenvalue weighted by Gasteiger charge is -2.04. The molecule has 0 spiro atoms. The molecule has 0 fully saturated rings. The largest absolute Gasteiger partial charge is 0.465 e. The van der Waals surface area contributed by atoms with Crippen molar-refractivity contribution in [3.05, 3.63) is 48.3 Å². The molecule has 1 aromatic carbocycles. The average Bonchev–Trinajstić information content (AvgIpc) is 2.72. The lowest BCUT2D eigenvalue weighted by Crippen LogP contribution is -2.13. The molecule has 0 atom stereocenters. The summed E-state index contributed by atoms with van der Waals surface area (Å²) in [5, 5.41) is 0. The molecule has 2 aromatic rings. The standard InChI is InChI=1S/C15H17NO2/c1-3-18-15(17)11-16-10-14(9-12(16)2)13-7-5-4-6-8-13/h4-10H,3,11H2,1-2H3. The van der Waals surface area contributed by atoms with Crippen LogP contribution in [0.1, 0.15) is 12.6 Å². The fraction of sp³-hybridized carbons (Fsp3) is 0.267. The van der Waals surface area contributed by atoms with Gasteiger partial charge in [-0.1, -0.05) is 30.3 Å². The fourth-order valence-corrected chi connectivity index (χ4v) is 1.92. The Bertz CT molecular complexity index is 529. The van der Waals surface area contributed by atoms with E-state index in [1.807, 2.05) is 42.8 Å². The Morgan fingerprint density at radius 2 is 1.94 bits per heavy atom. The van der Waals surface area contributed by atoms with Crippen LogP contribution in [0.2, 0.25) is 0 Å². The third-order valence-corrected chi connectivity index (χ3v) is 2.82. The third kappa shape index (κ3) is 2.80. The summed E-state index contributed by atoms with van der Waals surface area (Å²) >= 11 is 0. The van der Waals surface area contributed by atoms with Gasteiger partial charge in [0, 0.05) is 11.9 Å². The summed E-state index contributed by atoms with van der Waals surface area (Å²) in [6.07, 6.45) is 1.99. The first-order valence-corrected chi connectivity index (χ1v) is 6.08. The van der Waals surface area contributed by atoms with Crippen molar-refractivity contribution < 1.29 is 9.53 Å². The molecular weight excluding hydrogens is 226 g/mol. The monoisotopic (exact) mass is 243 g/mol. The third-order valence-electron chi connectivity index (χ3n) is 2.82. The van der Waals surface area contributed by atoms with E-state index in [0.717, 1.165) is 16.8 Å². The van der Waals surface area contributed by atoms with Crippen LogP contribution in [0.3, 0.4) is 0 Å². The van der Waals surface area contributed by atoms with Crippen molar-refractivity contribution in [3.63, 3.8) is 0 Å². The molecule has 3 heteroatoms. The highest BCUT2D eigenvalue weighted by atomic mass is 16.5. The smallest absolute Gasteiger partial charge is 0.325 e. The summed E-state index contributed by atoms with van der Waals surface area (Å²) in [5.41, 5.74) is 3.34. The van der Waals surface area contributed by atoms with Gasteiger partial charge in [0.2, 0.25) is 0 Å². The summed E-state index contributed by atoms with van der Waals surface area (Å²) in [5.74, 6) is -0.198. The summed E-state index contributed by atoms with van der Waals surface area (Å²) in [6, 6.07) is 12.2. The van der Waals surface area contributed by atoms with Crippen molar-refractivity contribution >= 4 is 5.97 Å². The molecule has 18 heavy (non-hydrogen) atoms. The van der Waals surface area contributed by atoms with Gasteiger partial charge in [-0.2, -0.15) is 0 Å². The van der Waals surface area contributed by atoms with E-state index in [4.69, 9.17) is 4.74 Å². The van der Waals surface area contributed by atoms with Gasteiger partial charge in [0.25, 0.3) is 0 Å². The fourth-order valence-electron chi connectivity index (χ4n) is 1.92. The van der Waals surface area contributed by atoms with E-state index in [0.29, 0.717) is 6.61 Å². The van der Waals surface area contributed by atoms with E-state index in [2.05, 4.69) is 18.2 Å². The molecule has 0 aliphatic rings. The maximum absolute atomic E-state index is 11.5. The van der Waals surface area contributed by atoms with E-state index in [1.54, 1.807) is 0 Å². The number of benzene rings is 1. The van der Waals surface area contributed by atoms with Gasteiger partial charge < -0.3 is 9.30 Å². The molecule has 0 N–H and O–H groups in total. The molecule has 0 radical (unpaired) electrons. The topological polar surface area (TPSA) is 31.2 Å². The first-order chi connectivity index (χ1) is 8.70. The molecular formula is C15H17NO2. The zero-order valence-corrected chi connectivity index (χ0v) is 10.7. The van der Waals surface area contributed by atoms with Crippen molar-refractivity contribution in [1.29, 1.82) is 0 Å². The van der Waals surface area contributed by atoms with Gasteiger partial charge >= 0.3 is 5.97 Å².